The van der Waals surface area contributed by atoms with Gasteiger partial charge < -0.3 is 21.5 Å². The molecule has 0 radical (unpaired) electrons. The Morgan fingerprint density at radius 2 is 1.90 bits per heavy atom. The van der Waals surface area contributed by atoms with Gasteiger partial charge in [0, 0.05) is 24.7 Å². The zero-order valence-corrected chi connectivity index (χ0v) is 21.9. The lowest BCUT2D eigenvalue weighted by Crippen LogP contribution is -2.51. The molecule has 2 amide bonds. The number of carbonyl (C=O) groups excluding carboxylic acids is 2. The van der Waals surface area contributed by atoms with Gasteiger partial charge in [-0.1, -0.05) is 24.3 Å². The number of nitrogens with two attached hydrogens (primary N) is 2. The minimum absolute atomic E-state index is 0.0391. The molecular formula is C27H31F3N6O3. The van der Waals surface area contributed by atoms with E-state index in [9.17, 15) is 14.0 Å². The standard InChI is InChI=1S/C27H31F3N6O3/c1-15(2)35-11-10-21(27(29,30)14-35)36-24(31)22(25(32)37)23(34-36)17-6-4-16(5-7-17)13-33-26(38)19-12-18(28)8-9-20(19)39-3/h4-9,12,15,21H,10-11,13-14,31H2,1-3H3,(H2,32,37)(H,33,38). The quantitative estimate of drug-likeness (QED) is 0.398. The van der Waals surface area contributed by atoms with Crippen LogP contribution < -0.4 is 21.5 Å². The first-order valence-electron chi connectivity index (χ1n) is 12.4. The number of likely N-dealkylation sites (tertiary alicyclic amines) is 1. The summed E-state index contributed by atoms with van der Waals surface area (Å²) >= 11 is 0. The first-order chi connectivity index (χ1) is 18.4. The molecule has 0 spiro atoms. The number of amides is 2. The van der Waals surface area contributed by atoms with E-state index in [1.54, 1.807) is 29.2 Å². The van der Waals surface area contributed by atoms with Gasteiger partial charge in [0.05, 0.1) is 19.2 Å². The van der Waals surface area contributed by atoms with Crippen LogP contribution in [0, 0.1) is 5.82 Å². The van der Waals surface area contributed by atoms with Crippen molar-refractivity contribution in [3.63, 3.8) is 0 Å². The highest BCUT2D eigenvalue weighted by atomic mass is 19.3. The first kappa shape index (κ1) is 28.0. The van der Waals surface area contributed by atoms with Crippen LogP contribution in [0.2, 0.25) is 0 Å². The monoisotopic (exact) mass is 544 g/mol. The number of alkyl halides is 2. The molecule has 1 aliphatic heterocycles. The number of primary amides is 1. The molecule has 1 atom stereocenters. The number of carbonyl (C=O) groups is 2. The molecule has 9 nitrogen and oxygen atoms in total. The number of nitrogens with zero attached hydrogens (tertiary/aromatic N) is 3. The Morgan fingerprint density at radius 1 is 1.21 bits per heavy atom. The van der Waals surface area contributed by atoms with Gasteiger partial charge in [-0.15, -0.1) is 0 Å². The largest absolute Gasteiger partial charge is 0.496 e. The van der Waals surface area contributed by atoms with Gasteiger partial charge in [0.2, 0.25) is 0 Å². The molecule has 208 valence electrons. The Balaban J connectivity index is 1.55. The summed E-state index contributed by atoms with van der Waals surface area (Å²) in [6.07, 6.45) is 0.101. The summed E-state index contributed by atoms with van der Waals surface area (Å²) in [7, 11) is 1.38. The van der Waals surface area contributed by atoms with Crippen molar-refractivity contribution < 1.29 is 27.5 Å². The van der Waals surface area contributed by atoms with Gasteiger partial charge in [-0.3, -0.25) is 14.5 Å². The summed E-state index contributed by atoms with van der Waals surface area (Å²) in [4.78, 5) is 26.5. The SMILES string of the molecule is COc1ccc(F)cc1C(=O)NCc1ccc(-c2nn(C3CCN(C(C)C)CC3(F)F)c(N)c2C(N)=O)cc1. The second-order valence-electron chi connectivity index (χ2n) is 9.77. The van der Waals surface area contributed by atoms with Gasteiger partial charge in [0.15, 0.2) is 0 Å². The number of anilines is 1. The topological polar surface area (TPSA) is 128 Å². The van der Waals surface area contributed by atoms with Crippen molar-refractivity contribution in [1.82, 2.24) is 20.0 Å². The summed E-state index contributed by atoms with van der Waals surface area (Å²) in [5.74, 6) is -5.07. The second-order valence-corrected chi connectivity index (χ2v) is 9.77. The molecule has 1 fully saturated rings. The zero-order chi connectivity index (χ0) is 28.5. The van der Waals surface area contributed by atoms with Crippen molar-refractivity contribution in [2.75, 3.05) is 25.9 Å². The molecule has 1 aromatic heterocycles. The smallest absolute Gasteiger partial charge is 0.282 e. The molecule has 39 heavy (non-hydrogen) atoms. The minimum Gasteiger partial charge on any atom is -0.496 e. The van der Waals surface area contributed by atoms with Crippen molar-refractivity contribution in [3.8, 4) is 17.0 Å². The van der Waals surface area contributed by atoms with Crippen LogP contribution >= 0.6 is 0 Å². The maximum absolute atomic E-state index is 15.1. The summed E-state index contributed by atoms with van der Waals surface area (Å²) in [6, 6.07) is 8.88. The lowest BCUT2D eigenvalue weighted by molar-refractivity contribution is -0.112. The maximum atomic E-state index is 15.1. The second kappa shape index (κ2) is 11.0. The molecule has 5 N–H and O–H groups in total. The molecule has 2 aromatic carbocycles. The average Bonchev–Trinajstić information content (AvgIpc) is 3.23. The summed E-state index contributed by atoms with van der Waals surface area (Å²) in [5, 5.41) is 7.03. The number of ether oxygens (including phenoxy) is 1. The predicted octanol–water partition coefficient (Wildman–Crippen LogP) is 3.60. The van der Waals surface area contributed by atoms with Gasteiger partial charge in [-0.05, 0) is 44.0 Å². The molecule has 12 heteroatoms. The summed E-state index contributed by atoms with van der Waals surface area (Å²) in [6.45, 7) is 3.81. The Bertz CT molecular complexity index is 1370. The van der Waals surface area contributed by atoms with E-state index in [0.29, 0.717) is 17.7 Å². The third kappa shape index (κ3) is 5.70. The molecule has 1 saturated heterocycles. The normalized spacial score (nSPS) is 17.3. The van der Waals surface area contributed by atoms with Crippen LogP contribution in [0.3, 0.4) is 0 Å². The zero-order valence-electron chi connectivity index (χ0n) is 21.9. The van der Waals surface area contributed by atoms with Crippen molar-refractivity contribution in [2.24, 2.45) is 5.73 Å². The van der Waals surface area contributed by atoms with Crippen molar-refractivity contribution in [2.45, 2.75) is 44.8 Å². The van der Waals surface area contributed by atoms with Gasteiger partial charge in [-0.25, -0.2) is 17.9 Å². The maximum Gasteiger partial charge on any atom is 0.282 e. The van der Waals surface area contributed by atoms with Crippen LogP contribution in [0.25, 0.3) is 11.3 Å². The number of nitrogens with one attached hydrogen (secondary N) is 1. The van der Waals surface area contributed by atoms with Crippen molar-refractivity contribution in [1.29, 1.82) is 0 Å². The molecule has 0 bridgehead atoms. The molecule has 1 unspecified atom stereocenters. The summed E-state index contributed by atoms with van der Waals surface area (Å²) < 4.78 is 50.0. The van der Waals surface area contributed by atoms with E-state index >= 15 is 8.78 Å². The van der Waals surface area contributed by atoms with Crippen LogP contribution in [0.1, 0.15) is 52.6 Å². The van der Waals surface area contributed by atoms with E-state index in [-0.39, 0.29) is 47.4 Å². The number of nitrogen functional groups attached to an aromatic ring is 1. The van der Waals surface area contributed by atoms with Gasteiger partial charge in [0.25, 0.3) is 17.7 Å². The van der Waals surface area contributed by atoms with Gasteiger partial charge >= 0.3 is 0 Å². The minimum atomic E-state index is -3.12. The number of methoxy groups -OCH3 is 1. The lowest BCUT2D eigenvalue weighted by atomic mass is 9.99. The Kier molecular flexibility index (Phi) is 7.86. The van der Waals surface area contributed by atoms with Crippen molar-refractivity contribution in [3.05, 3.63) is 65.0 Å². The van der Waals surface area contributed by atoms with Crippen molar-refractivity contribution >= 4 is 17.6 Å². The van der Waals surface area contributed by atoms with Crippen LogP contribution in [-0.2, 0) is 6.54 Å². The van der Waals surface area contributed by atoms with E-state index in [4.69, 9.17) is 16.2 Å². The van der Waals surface area contributed by atoms with Crippen LogP contribution in [0.15, 0.2) is 42.5 Å². The predicted molar refractivity (Wildman–Crippen MR) is 140 cm³/mol. The highest BCUT2D eigenvalue weighted by Crippen LogP contribution is 2.40. The highest BCUT2D eigenvalue weighted by molar-refractivity contribution is 6.03. The fourth-order valence-corrected chi connectivity index (χ4v) is 4.74. The fraction of sp³-hybridized carbons (Fsp3) is 0.370. The van der Waals surface area contributed by atoms with E-state index in [2.05, 4.69) is 10.4 Å². The molecule has 0 aliphatic carbocycles. The van der Waals surface area contributed by atoms with E-state index in [1.807, 2.05) is 13.8 Å². The summed E-state index contributed by atoms with van der Waals surface area (Å²) in [5.41, 5.74) is 12.9. The highest BCUT2D eigenvalue weighted by Gasteiger charge is 2.48. The van der Waals surface area contributed by atoms with Crippen LogP contribution in [0.4, 0.5) is 19.0 Å². The molecule has 4 rings (SSSR count). The number of hydrogen-bond acceptors (Lipinski definition) is 6. The molecule has 2 heterocycles. The van der Waals surface area contributed by atoms with Crippen LogP contribution in [0.5, 0.6) is 5.75 Å². The number of benzene rings is 2. The number of hydrogen-bond donors (Lipinski definition) is 3. The van der Waals surface area contributed by atoms with E-state index in [1.165, 1.54) is 19.2 Å². The number of rotatable bonds is 8. The Hall–Kier alpha value is -4.06. The lowest BCUT2D eigenvalue weighted by Gasteiger charge is -2.40. The average molecular weight is 545 g/mol. The molecule has 0 saturated carbocycles. The number of halogens is 3. The Labute approximate surface area is 223 Å². The molecular weight excluding hydrogens is 513 g/mol. The third-order valence-corrected chi connectivity index (χ3v) is 6.90. The van der Waals surface area contributed by atoms with Crippen LogP contribution in [-0.4, -0.2) is 58.7 Å². The van der Waals surface area contributed by atoms with Gasteiger partial charge in [-0.2, -0.15) is 5.10 Å². The third-order valence-electron chi connectivity index (χ3n) is 6.90. The van der Waals surface area contributed by atoms with Gasteiger partial charge in [0.1, 0.15) is 34.7 Å². The van der Waals surface area contributed by atoms with E-state index < -0.39 is 36.1 Å². The van der Waals surface area contributed by atoms with E-state index in [0.717, 1.165) is 10.7 Å². The number of aromatic nitrogens is 2. The molecule has 3 aromatic rings. The fourth-order valence-electron chi connectivity index (χ4n) is 4.74. The number of piperidine rings is 1. The Morgan fingerprint density at radius 3 is 2.49 bits per heavy atom. The first-order valence-corrected chi connectivity index (χ1v) is 12.4. The molecule has 1 aliphatic rings.